The number of hydrogen-bond acceptors (Lipinski definition) is 3. The first-order valence-electron chi connectivity index (χ1n) is 8.12. The lowest BCUT2D eigenvalue weighted by molar-refractivity contribution is -0.139. The van der Waals surface area contributed by atoms with Crippen LogP contribution < -0.4 is 11.1 Å². The van der Waals surface area contributed by atoms with Gasteiger partial charge in [0.15, 0.2) is 5.96 Å². The maximum atomic E-state index is 9.90. The lowest BCUT2D eigenvalue weighted by Crippen LogP contribution is -2.21. The standard InChI is InChI=1S/C13H13N3.C6H10O4/c14-13(15-11-7-3-1-4-8-11)16-12-9-5-2-6-10-12;7-5(8)3-1-2-4-6(9)10/h1-10H,(H3,14,15,16);1-4H2,(H,7,8)(H,9,10). The number of aliphatic imine (C=N–C) groups is 1. The molecule has 5 N–H and O–H groups in total. The highest BCUT2D eigenvalue weighted by Gasteiger charge is 1.99. The average molecular weight is 357 g/mol. The summed E-state index contributed by atoms with van der Waals surface area (Å²) < 4.78 is 0. The number of carboxylic acid groups (broad SMARTS) is 2. The Bertz CT molecular complexity index is 687. The predicted molar refractivity (Wildman–Crippen MR) is 102 cm³/mol. The number of unbranched alkanes of at least 4 members (excludes halogenated alkanes) is 1. The van der Waals surface area contributed by atoms with Gasteiger partial charge in [0.05, 0.1) is 5.69 Å². The molecule has 0 saturated heterocycles. The minimum atomic E-state index is -0.870. The van der Waals surface area contributed by atoms with Crippen LogP contribution in [0.15, 0.2) is 65.7 Å². The highest BCUT2D eigenvalue weighted by atomic mass is 16.4. The Morgan fingerprint density at radius 1 is 0.846 bits per heavy atom. The zero-order chi connectivity index (χ0) is 19.2. The number of rotatable bonds is 7. The number of nitrogens with two attached hydrogens (primary N) is 1. The van der Waals surface area contributed by atoms with E-state index in [0.717, 1.165) is 11.4 Å². The third-order valence-corrected chi connectivity index (χ3v) is 3.08. The van der Waals surface area contributed by atoms with E-state index in [4.69, 9.17) is 15.9 Å². The number of aliphatic carboxylic acids is 2. The maximum Gasteiger partial charge on any atom is 0.303 e. The van der Waals surface area contributed by atoms with E-state index in [1.54, 1.807) is 0 Å². The number of anilines is 1. The van der Waals surface area contributed by atoms with E-state index in [-0.39, 0.29) is 12.8 Å². The monoisotopic (exact) mass is 357 g/mol. The topological polar surface area (TPSA) is 125 Å². The largest absolute Gasteiger partial charge is 0.481 e. The van der Waals surface area contributed by atoms with Crippen molar-refractivity contribution in [1.29, 1.82) is 0 Å². The summed E-state index contributed by atoms with van der Waals surface area (Å²) >= 11 is 0. The van der Waals surface area contributed by atoms with Crippen LogP contribution in [0.5, 0.6) is 0 Å². The molecule has 7 nitrogen and oxygen atoms in total. The average Bonchev–Trinajstić information content (AvgIpc) is 2.61. The molecule has 7 heteroatoms. The molecule has 0 aliphatic rings. The van der Waals surface area contributed by atoms with Crippen LogP contribution in [-0.4, -0.2) is 28.1 Å². The quantitative estimate of drug-likeness (QED) is 0.342. The summed E-state index contributed by atoms with van der Waals surface area (Å²) in [7, 11) is 0. The molecule has 26 heavy (non-hydrogen) atoms. The van der Waals surface area contributed by atoms with Crippen molar-refractivity contribution in [3.63, 3.8) is 0 Å². The van der Waals surface area contributed by atoms with Gasteiger partial charge < -0.3 is 21.3 Å². The zero-order valence-corrected chi connectivity index (χ0v) is 14.3. The molecule has 0 spiro atoms. The fourth-order valence-corrected chi connectivity index (χ4v) is 1.89. The third-order valence-electron chi connectivity index (χ3n) is 3.08. The summed E-state index contributed by atoms with van der Waals surface area (Å²) in [6, 6.07) is 19.3. The van der Waals surface area contributed by atoms with Crippen molar-refractivity contribution in [2.75, 3.05) is 5.32 Å². The highest BCUT2D eigenvalue weighted by Crippen LogP contribution is 2.10. The number of guanidine groups is 1. The van der Waals surface area contributed by atoms with Crippen molar-refractivity contribution in [3.05, 3.63) is 60.7 Å². The molecule has 0 bridgehead atoms. The predicted octanol–water partition coefficient (Wildman–Crippen LogP) is 3.46. The van der Waals surface area contributed by atoms with Gasteiger partial charge >= 0.3 is 11.9 Å². The van der Waals surface area contributed by atoms with E-state index >= 15 is 0 Å². The summed E-state index contributed by atoms with van der Waals surface area (Å²) in [5.74, 6) is -1.35. The lowest BCUT2D eigenvalue weighted by atomic mass is 10.2. The van der Waals surface area contributed by atoms with Gasteiger partial charge in [-0.05, 0) is 37.1 Å². The van der Waals surface area contributed by atoms with Gasteiger partial charge in [-0.2, -0.15) is 0 Å². The highest BCUT2D eigenvalue weighted by molar-refractivity contribution is 5.93. The molecule has 138 valence electrons. The minimum Gasteiger partial charge on any atom is -0.481 e. The molecule has 2 aromatic rings. The Morgan fingerprint density at radius 3 is 1.77 bits per heavy atom. The molecule has 0 amide bonds. The summed E-state index contributed by atoms with van der Waals surface area (Å²) in [5.41, 5.74) is 7.54. The van der Waals surface area contributed by atoms with Crippen LogP contribution in [0.2, 0.25) is 0 Å². The second-order valence-corrected chi connectivity index (χ2v) is 5.32. The molecule has 0 heterocycles. The van der Waals surface area contributed by atoms with Crippen LogP contribution in [0.3, 0.4) is 0 Å². The molecule has 0 aliphatic heterocycles. The molecular weight excluding hydrogens is 334 g/mol. The minimum absolute atomic E-state index is 0.0628. The number of hydrogen-bond donors (Lipinski definition) is 4. The molecule has 2 rings (SSSR count). The number of benzene rings is 2. The smallest absolute Gasteiger partial charge is 0.303 e. The number of carbonyl (C=O) groups is 2. The summed E-state index contributed by atoms with van der Waals surface area (Å²) in [5, 5.41) is 19.3. The van der Waals surface area contributed by atoms with Gasteiger partial charge in [0.25, 0.3) is 0 Å². The van der Waals surface area contributed by atoms with Crippen LogP contribution in [-0.2, 0) is 9.59 Å². The SMILES string of the molecule is NC(=Nc1ccccc1)Nc1ccccc1.O=C(O)CCCCC(=O)O. The van der Waals surface area contributed by atoms with Gasteiger partial charge in [0.1, 0.15) is 0 Å². The molecule has 0 aromatic heterocycles. The van der Waals surface area contributed by atoms with Crippen molar-refractivity contribution in [3.8, 4) is 0 Å². The van der Waals surface area contributed by atoms with Crippen molar-refractivity contribution < 1.29 is 19.8 Å². The Labute approximate surface area is 152 Å². The van der Waals surface area contributed by atoms with Crippen LogP contribution in [0, 0.1) is 0 Å². The molecule has 0 radical (unpaired) electrons. The van der Waals surface area contributed by atoms with Gasteiger partial charge in [0, 0.05) is 18.5 Å². The van der Waals surface area contributed by atoms with Gasteiger partial charge in [-0.1, -0.05) is 36.4 Å². The fourth-order valence-electron chi connectivity index (χ4n) is 1.89. The van der Waals surface area contributed by atoms with Crippen molar-refractivity contribution in [2.45, 2.75) is 25.7 Å². The van der Waals surface area contributed by atoms with E-state index < -0.39 is 11.9 Å². The van der Waals surface area contributed by atoms with Crippen molar-refractivity contribution >= 4 is 29.3 Å². The Hall–Kier alpha value is -3.35. The molecule has 2 aromatic carbocycles. The molecule has 0 aliphatic carbocycles. The maximum absolute atomic E-state index is 9.90. The van der Waals surface area contributed by atoms with E-state index in [2.05, 4.69) is 10.3 Å². The van der Waals surface area contributed by atoms with E-state index in [1.807, 2.05) is 60.7 Å². The van der Waals surface area contributed by atoms with Crippen molar-refractivity contribution in [1.82, 2.24) is 0 Å². The second kappa shape index (κ2) is 12.1. The zero-order valence-electron chi connectivity index (χ0n) is 14.3. The van der Waals surface area contributed by atoms with Crippen LogP contribution in [0.1, 0.15) is 25.7 Å². The Kier molecular flexibility index (Phi) is 9.61. The molecule has 0 fully saturated rings. The molecule has 0 atom stereocenters. The third kappa shape index (κ3) is 10.4. The number of nitrogens with zero attached hydrogens (tertiary/aromatic N) is 1. The van der Waals surface area contributed by atoms with Gasteiger partial charge in [-0.3, -0.25) is 9.59 Å². The van der Waals surface area contributed by atoms with E-state index in [9.17, 15) is 9.59 Å². The van der Waals surface area contributed by atoms with E-state index in [0.29, 0.717) is 18.8 Å². The summed E-state index contributed by atoms with van der Waals surface area (Å²) in [6.07, 6.45) is 1.02. The fraction of sp³-hybridized carbons (Fsp3) is 0.211. The number of para-hydroxylation sites is 2. The van der Waals surface area contributed by atoms with Crippen LogP contribution in [0.25, 0.3) is 0 Å². The Balaban J connectivity index is 0.000000294. The van der Waals surface area contributed by atoms with Crippen LogP contribution in [0.4, 0.5) is 11.4 Å². The second-order valence-electron chi connectivity index (χ2n) is 5.32. The summed E-state index contributed by atoms with van der Waals surface area (Å²) in [6.45, 7) is 0. The van der Waals surface area contributed by atoms with Gasteiger partial charge in [-0.15, -0.1) is 0 Å². The van der Waals surface area contributed by atoms with Gasteiger partial charge in [0.2, 0.25) is 0 Å². The molecule has 0 unspecified atom stereocenters. The summed E-state index contributed by atoms with van der Waals surface area (Å²) in [4.78, 5) is 24.0. The normalized spacial score (nSPS) is 10.4. The first kappa shape index (κ1) is 20.7. The first-order valence-corrected chi connectivity index (χ1v) is 8.12. The number of carboxylic acids is 2. The van der Waals surface area contributed by atoms with Crippen molar-refractivity contribution in [2.24, 2.45) is 10.7 Å². The molecular formula is C19H23N3O4. The number of nitrogens with one attached hydrogen (secondary N) is 1. The van der Waals surface area contributed by atoms with Crippen LogP contribution >= 0.6 is 0 Å². The molecule has 0 saturated carbocycles. The van der Waals surface area contributed by atoms with Gasteiger partial charge in [-0.25, -0.2) is 4.99 Å². The van der Waals surface area contributed by atoms with E-state index in [1.165, 1.54) is 0 Å². The Morgan fingerprint density at radius 2 is 1.31 bits per heavy atom. The lowest BCUT2D eigenvalue weighted by Gasteiger charge is -2.04. The first-order chi connectivity index (χ1) is 12.5.